The zero-order valence-corrected chi connectivity index (χ0v) is 21.4. The Morgan fingerprint density at radius 2 is 1.68 bits per heavy atom. The molecule has 2 amide bonds. The van der Waals surface area contributed by atoms with Gasteiger partial charge in [0.05, 0.1) is 24.3 Å². The fourth-order valence-electron chi connectivity index (χ4n) is 4.66. The number of aromatic amines is 1. The molecule has 2 aromatic heterocycles. The molecular weight excluding hydrogens is 522 g/mol. The van der Waals surface area contributed by atoms with E-state index in [2.05, 4.69) is 30.7 Å². The highest BCUT2D eigenvalue weighted by atomic mass is 19.1. The molecule has 6 rings (SSSR count). The number of amides is 2. The zero-order valence-electron chi connectivity index (χ0n) is 21.4. The van der Waals surface area contributed by atoms with Crippen molar-refractivity contribution in [2.45, 2.75) is 19.4 Å². The first-order valence-electron chi connectivity index (χ1n) is 12.9. The van der Waals surface area contributed by atoms with Crippen molar-refractivity contribution < 1.29 is 27.8 Å². The molecule has 0 radical (unpaired) electrons. The van der Waals surface area contributed by atoms with E-state index in [-0.39, 0.29) is 11.4 Å². The molecule has 0 bridgehead atoms. The minimum absolute atomic E-state index is 0.0424. The fourth-order valence-corrected chi connectivity index (χ4v) is 4.66. The predicted octanol–water partition coefficient (Wildman–Crippen LogP) is 4.22. The number of rotatable bonds is 8. The lowest BCUT2D eigenvalue weighted by Crippen LogP contribution is -2.35. The van der Waals surface area contributed by atoms with Crippen molar-refractivity contribution >= 4 is 34.2 Å². The van der Waals surface area contributed by atoms with E-state index in [0.717, 1.165) is 24.8 Å². The van der Waals surface area contributed by atoms with Crippen molar-refractivity contribution in [2.24, 2.45) is 5.41 Å². The topological polar surface area (TPSA) is 121 Å². The molecule has 0 atom stereocenters. The van der Waals surface area contributed by atoms with Crippen molar-refractivity contribution in [1.82, 2.24) is 20.1 Å². The predicted molar refractivity (Wildman–Crippen MR) is 142 cm³/mol. The fraction of sp³-hybridized carbons (Fsp3) is 0.286. The van der Waals surface area contributed by atoms with Crippen LogP contribution in [0.5, 0.6) is 11.5 Å². The molecule has 206 valence electrons. The number of aromatic nitrogens is 3. The van der Waals surface area contributed by atoms with E-state index >= 15 is 4.39 Å². The summed E-state index contributed by atoms with van der Waals surface area (Å²) in [4.78, 5) is 32.3. The third kappa shape index (κ3) is 5.23. The van der Waals surface area contributed by atoms with Crippen LogP contribution in [0.4, 0.5) is 20.2 Å². The van der Waals surface area contributed by atoms with Gasteiger partial charge in [-0.1, -0.05) is 0 Å². The highest BCUT2D eigenvalue weighted by Crippen LogP contribution is 2.47. The average molecular weight is 549 g/mol. The van der Waals surface area contributed by atoms with E-state index in [4.69, 9.17) is 9.47 Å². The van der Waals surface area contributed by atoms with Gasteiger partial charge in [0, 0.05) is 43.3 Å². The van der Waals surface area contributed by atoms with Crippen LogP contribution in [0.25, 0.3) is 11.0 Å². The highest BCUT2D eigenvalue weighted by Gasteiger charge is 2.56. The van der Waals surface area contributed by atoms with Gasteiger partial charge < -0.3 is 20.1 Å². The molecule has 2 aromatic carbocycles. The minimum Gasteiger partial charge on any atom is -0.453 e. The molecule has 2 aliphatic rings. The van der Waals surface area contributed by atoms with Gasteiger partial charge in [-0.2, -0.15) is 5.10 Å². The molecule has 3 N–H and O–H groups in total. The molecule has 0 unspecified atom stereocenters. The van der Waals surface area contributed by atoms with Crippen LogP contribution >= 0.6 is 0 Å². The second-order valence-corrected chi connectivity index (χ2v) is 9.84. The first-order chi connectivity index (χ1) is 19.4. The summed E-state index contributed by atoms with van der Waals surface area (Å²) in [5.74, 6) is -1.81. The van der Waals surface area contributed by atoms with Crippen LogP contribution in [0.1, 0.15) is 18.5 Å². The molecule has 2 fully saturated rings. The maximum absolute atomic E-state index is 15.1. The first-order valence-corrected chi connectivity index (χ1v) is 12.9. The Hall–Kier alpha value is -4.42. The third-order valence-corrected chi connectivity index (χ3v) is 7.11. The number of benzene rings is 2. The maximum Gasteiger partial charge on any atom is 0.240 e. The maximum atomic E-state index is 15.1. The lowest BCUT2D eigenvalue weighted by atomic mass is 10.0. The summed E-state index contributed by atoms with van der Waals surface area (Å²) in [5, 5.41) is 13.2. The van der Waals surface area contributed by atoms with E-state index in [0.29, 0.717) is 55.1 Å². The molecule has 12 heteroatoms. The van der Waals surface area contributed by atoms with Gasteiger partial charge >= 0.3 is 0 Å². The number of morpholine rings is 1. The second kappa shape index (κ2) is 10.6. The van der Waals surface area contributed by atoms with E-state index in [1.807, 2.05) is 0 Å². The number of nitrogens with zero attached hydrogens (tertiary/aromatic N) is 3. The van der Waals surface area contributed by atoms with Crippen LogP contribution in [-0.2, 0) is 20.9 Å². The van der Waals surface area contributed by atoms with Gasteiger partial charge in [0.15, 0.2) is 17.2 Å². The summed E-state index contributed by atoms with van der Waals surface area (Å²) in [6, 6.07) is 11.0. The minimum atomic E-state index is -1.26. The van der Waals surface area contributed by atoms with Crippen LogP contribution in [0.3, 0.4) is 0 Å². The Balaban J connectivity index is 1.15. The number of anilines is 2. The first kappa shape index (κ1) is 25.8. The van der Waals surface area contributed by atoms with Gasteiger partial charge in [-0.3, -0.25) is 19.6 Å². The summed E-state index contributed by atoms with van der Waals surface area (Å²) in [7, 11) is 0. The van der Waals surface area contributed by atoms with Crippen LogP contribution in [0.15, 0.2) is 54.7 Å². The van der Waals surface area contributed by atoms with Gasteiger partial charge in [0.25, 0.3) is 0 Å². The van der Waals surface area contributed by atoms with Gasteiger partial charge in [0.1, 0.15) is 17.0 Å². The average Bonchev–Trinajstić information content (AvgIpc) is 3.68. The SMILES string of the molecule is O=C(Nc1ccc(F)cc1)C1(C(=O)Nc2ccc(Oc3ccnc4n[nH]c(CN5CCOCC5)c34)c(F)c2)CC1. The molecule has 0 spiro atoms. The largest absolute Gasteiger partial charge is 0.453 e. The van der Waals surface area contributed by atoms with Crippen LogP contribution < -0.4 is 15.4 Å². The van der Waals surface area contributed by atoms with E-state index in [1.165, 1.54) is 42.6 Å². The van der Waals surface area contributed by atoms with Crippen molar-refractivity contribution in [3.8, 4) is 11.5 Å². The van der Waals surface area contributed by atoms with Crippen LogP contribution in [0, 0.1) is 17.0 Å². The van der Waals surface area contributed by atoms with Gasteiger partial charge in [0.2, 0.25) is 11.8 Å². The molecule has 40 heavy (non-hydrogen) atoms. The van der Waals surface area contributed by atoms with Crippen molar-refractivity contribution in [1.29, 1.82) is 0 Å². The number of H-pyrrole nitrogens is 1. The zero-order chi connectivity index (χ0) is 27.7. The number of carbonyl (C=O) groups excluding carboxylic acids is 2. The summed E-state index contributed by atoms with van der Waals surface area (Å²) >= 11 is 0. The van der Waals surface area contributed by atoms with Crippen LogP contribution in [0.2, 0.25) is 0 Å². The second-order valence-electron chi connectivity index (χ2n) is 9.84. The Bertz CT molecular complexity index is 1570. The lowest BCUT2D eigenvalue weighted by Gasteiger charge is -2.26. The molecule has 1 aliphatic heterocycles. The van der Waals surface area contributed by atoms with Crippen molar-refractivity contribution in [2.75, 3.05) is 36.9 Å². The van der Waals surface area contributed by atoms with Gasteiger partial charge in [-0.15, -0.1) is 0 Å². The normalized spacial score (nSPS) is 16.4. The summed E-state index contributed by atoms with van der Waals surface area (Å²) in [5.41, 5.74) is 0.568. The smallest absolute Gasteiger partial charge is 0.240 e. The monoisotopic (exact) mass is 548 g/mol. The number of pyridine rings is 1. The molecule has 1 saturated heterocycles. The number of fused-ring (bicyclic) bond motifs is 1. The van der Waals surface area contributed by atoms with E-state index in [9.17, 15) is 14.0 Å². The Morgan fingerprint density at radius 1 is 0.975 bits per heavy atom. The number of nitrogens with one attached hydrogen (secondary N) is 3. The number of halogens is 2. The van der Waals surface area contributed by atoms with Gasteiger partial charge in [-0.25, -0.2) is 13.8 Å². The summed E-state index contributed by atoms with van der Waals surface area (Å²) in [6.07, 6.45) is 2.24. The molecule has 10 nitrogen and oxygen atoms in total. The molecule has 1 aliphatic carbocycles. The number of hydrogen-bond acceptors (Lipinski definition) is 7. The number of hydrogen-bond donors (Lipinski definition) is 3. The highest BCUT2D eigenvalue weighted by molar-refractivity contribution is 6.16. The van der Waals surface area contributed by atoms with E-state index < -0.39 is 28.9 Å². The molecule has 1 saturated carbocycles. The van der Waals surface area contributed by atoms with Crippen molar-refractivity contribution in [3.63, 3.8) is 0 Å². The molecule has 3 heterocycles. The Morgan fingerprint density at radius 3 is 2.38 bits per heavy atom. The number of carbonyl (C=O) groups is 2. The quantitative estimate of drug-likeness (QED) is 0.282. The lowest BCUT2D eigenvalue weighted by molar-refractivity contribution is -0.131. The van der Waals surface area contributed by atoms with Crippen LogP contribution in [-0.4, -0.2) is 58.2 Å². The standard InChI is InChI=1S/C28H26F2N6O4/c29-17-1-3-18(4-2-17)32-26(37)28(8-9-28)27(38)33-19-5-6-22(20(30)15-19)40-23-7-10-31-25-24(23)21(34-35-25)16-36-11-13-39-14-12-36/h1-7,10,15H,8-9,11-14,16H2,(H,32,37)(H,33,38)(H,31,34,35). The summed E-state index contributed by atoms with van der Waals surface area (Å²) < 4.78 is 39.6. The Labute approximate surface area is 227 Å². The Kier molecular flexibility index (Phi) is 6.86. The third-order valence-electron chi connectivity index (χ3n) is 7.11. The van der Waals surface area contributed by atoms with Gasteiger partial charge in [-0.05, 0) is 55.3 Å². The molecular formula is C28H26F2N6O4. The number of ether oxygens (including phenoxy) is 2. The van der Waals surface area contributed by atoms with E-state index in [1.54, 1.807) is 6.07 Å². The van der Waals surface area contributed by atoms with Crippen molar-refractivity contribution in [3.05, 3.63) is 72.1 Å². The summed E-state index contributed by atoms with van der Waals surface area (Å²) in [6.45, 7) is 3.47. The molecule has 4 aromatic rings.